The van der Waals surface area contributed by atoms with Gasteiger partial charge in [0, 0.05) is 24.3 Å². The molecule has 0 bridgehead atoms. The van der Waals surface area contributed by atoms with E-state index < -0.39 is 11.6 Å². The third-order valence-corrected chi connectivity index (χ3v) is 6.34. The number of carbonyl (C=O) groups is 2. The molecule has 10 nitrogen and oxygen atoms in total. The van der Waals surface area contributed by atoms with Crippen LogP contribution in [-0.2, 0) is 17.9 Å². The molecule has 0 unspecified atom stereocenters. The van der Waals surface area contributed by atoms with Crippen LogP contribution >= 0.6 is 0 Å². The van der Waals surface area contributed by atoms with Gasteiger partial charge in [-0.15, -0.1) is 5.10 Å². The van der Waals surface area contributed by atoms with E-state index in [1.165, 1.54) is 15.0 Å². The minimum absolute atomic E-state index is 0.100. The number of nitrogens with zero attached hydrogens (tertiary/aromatic N) is 4. The van der Waals surface area contributed by atoms with Crippen molar-refractivity contribution in [3.8, 4) is 0 Å². The first-order valence-electron chi connectivity index (χ1n) is 12.8. The van der Waals surface area contributed by atoms with Crippen LogP contribution in [0.15, 0.2) is 46.0 Å². The summed E-state index contributed by atoms with van der Waals surface area (Å²) in [6.45, 7) is 12.3. The van der Waals surface area contributed by atoms with Crippen molar-refractivity contribution in [3.63, 3.8) is 0 Å². The SMILES string of the molecule is Cc1ccc(NC(=O)Cn2nc3n(CC(C)C)c(=O)c4ccc(C(=O)NCC(C)C)cc4n3c2=O)cc1C. The lowest BCUT2D eigenvalue weighted by Gasteiger charge is -2.13. The third kappa shape index (κ3) is 5.39. The zero-order valence-corrected chi connectivity index (χ0v) is 22.7. The second kappa shape index (κ2) is 10.6. The number of anilines is 1. The smallest absolute Gasteiger partial charge is 0.352 e. The summed E-state index contributed by atoms with van der Waals surface area (Å²) in [5, 5.41) is 10.3. The number of fused-ring (bicyclic) bond motifs is 3. The maximum Gasteiger partial charge on any atom is 0.352 e. The van der Waals surface area contributed by atoms with E-state index in [-0.39, 0.29) is 41.1 Å². The average molecular weight is 519 g/mol. The molecule has 0 spiro atoms. The molecule has 4 aromatic rings. The highest BCUT2D eigenvalue weighted by molar-refractivity contribution is 5.98. The van der Waals surface area contributed by atoms with Gasteiger partial charge in [-0.25, -0.2) is 13.9 Å². The van der Waals surface area contributed by atoms with Crippen LogP contribution in [0, 0.1) is 25.7 Å². The number of carbonyl (C=O) groups excluding carboxylic acids is 2. The molecule has 0 radical (unpaired) electrons. The van der Waals surface area contributed by atoms with E-state index in [2.05, 4.69) is 15.7 Å². The minimum atomic E-state index is -0.572. The van der Waals surface area contributed by atoms with Crippen molar-refractivity contribution in [1.29, 1.82) is 0 Å². The van der Waals surface area contributed by atoms with Crippen molar-refractivity contribution in [2.45, 2.75) is 54.6 Å². The van der Waals surface area contributed by atoms with Gasteiger partial charge in [-0.3, -0.25) is 19.0 Å². The highest BCUT2D eigenvalue weighted by Gasteiger charge is 2.20. The highest BCUT2D eigenvalue weighted by atomic mass is 16.2. The molecule has 4 rings (SSSR count). The fourth-order valence-electron chi connectivity index (χ4n) is 4.24. The predicted molar refractivity (Wildman–Crippen MR) is 148 cm³/mol. The van der Waals surface area contributed by atoms with Crippen LogP contribution in [0.4, 0.5) is 5.69 Å². The zero-order chi connectivity index (χ0) is 27.7. The van der Waals surface area contributed by atoms with Crippen LogP contribution in [0.1, 0.15) is 49.2 Å². The van der Waals surface area contributed by atoms with E-state index in [4.69, 9.17) is 0 Å². The Morgan fingerprint density at radius 2 is 1.68 bits per heavy atom. The van der Waals surface area contributed by atoms with E-state index in [9.17, 15) is 19.2 Å². The van der Waals surface area contributed by atoms with Gasteiger partial charge in [0.15, 0.2) is 0 Å². The number of aryl methyl sites for hydroxylation is 2. The van der Waals surface area contributed by atoms with Crippen LogP contribution in [0.5, 0.6) is 0 Å². The summed E-state index contributed by atoms with van der Waals surface area (Å²) in [5.41, 5.74) is 2.47. The van der Waals surface area contributed by atoms with Gasteiger partial charge in [-0.05, 0) is 67.1 Å². The third-order valence-electron chi connectivity index (χ3n) is 6.34. The molecule has 0 fully saturated rings. The van der Waals surface area contributed by atoms with Crippen LogP contribution in [0.25, 0.3) is 16.7 Å². The Hall–Kier alpha value is -4.21. The van der Waals surface area contributed by atoms with Gasteiger partial charge < -0.3 is 10.6 Å². The summed E-state index contributed by atoms with van der Waals surface area (Å²) in [4.78, 5) is 52.5. The molecule has 0 atom stereocenters. The van der Waals surface area contributed by atoms with E-state index in [0.717, 1.165) is 15.8 Å². The lowest BCUT2D eigenvalue weighted by atomic mass is 10.1. The van der Waals surface area contributed by atoms with Crippen LogP contribution in [-0.4, -0.2) is 37.1 Å². The highest BCUT2D eigenvalue weighted by Crippen LogP contribution is 2.16. The van der Waals surface area contributed by atoms with E-state index in [1.807, 2.05) is 53.7 Å². The van der Waals surface area contributed by atoms with Gasteiger partial charge in [0.25, 0.3) is 11.5 Å². The lowest BCUT2D eigenvalue weighted by molar-refractivity contribution is -0.117. The Kier molecular flexibility index (Phi) is 7.52. The normalized spacial score (nSPS) is 11.6. The Balaban J connectivity index is 1.81. The average Bonchev–Trinajstić information content (AvgIpc) is 3.17. The largest absolute Gasteiger partial charge is 0.352 e. The molecule has 2 aromatic heterocycles. The standard InChI is InChI=1S/C28H34N6O4/c1-16(2)13-29-25(36)20-8-10-22-23(12-20)34-27(32(26(22)37)14-17(3)4)31-33(28(34)38)15-24(35)30-21-9-7-18(5)19(6)11-21/h7-12,16-17H,13-15H2,1-6H3,(H,29,36)(H,30,35). The Morgan fingerprint density at radius 3 is 2.34 bits per heavy atom. The van der Waals surface area contributed by atoms with Gasteiger partial charge in [0.1, 0.15) is 6.54 Å². The molecule has 0 aliphatic heterocycles. The van der Waals surface area contributed by atoms with Gasteiger partial charge in [-0.1, -0.05) is 33.8 Å². The molecule has 0 saturated carbocycles. The summed E-state index contributed by atoms with van der Waals surface area (Å²) in [6, 6.07) is 10.2. The number of aromatic nitrogens is 4. The van der Waals surface area contributed by atoms with Crippen LogP contribution < -0.4 is 21.9 Å². The maximum absolute atomic E-state index is 13.5. The minimum Gasteiger partial charge on any atom is -0.352 e. The molecular formula is C28H34N6O4. The van der Waals surface area contributed by atoms with Gasteiger partial charge in [0.2, 0.25) is 11.7 Å². The van der Waals surface area contributed by atoms with Crippen molar-refractivity contribution in [3.05, 3.63) is 73.9 Å². The van der Waals surface area contributed by atoms with Crippen molar-refractivity contribution < 1.29 is 9.59 Å². The summed E-state index contributed by atoms with van der Waals surface area (Å²) in [7, 11) is 0. The molecule has 2 aromatic carbocycles. The Morgan fingerprint density at radius 1 is 0.947 bits per heavy atom. The number of benzene rings is 2. The molecular weight excluding hydrogens is 484 g/mol. The Labute approximate surface area is 220 Å². The first-order valence-corrected chi connectivity index (χ1v) is 12.8. The van der Waals surface area contributed by atoms with Gasteiger partial charge in [0.05, 0.1) is 10.9 Å². The monoisotopic (exact) mass is 518 g/mol. The van der Waals surface area contributed by atoms with E-state index >= 15 is 0 Å². The summed E-state index contributed by atoms with van der Waals surface area (Å²) in [6.07, 6.45) is 0. The predicted octanol–water partition coefficient (Wildman–Crippen LogP) is 3.11. The van der Waals surface area contributed by atoms with E-state index in [1.54, 1.807) is 18.2 Å². The van der Waals surface area contributed by atoms with Crippen molar-refractivity contribution in [1.82, 2.24) is 24.1 Å². The maximum atomic E-state index is 13.5. The molecule has 2 amide bonds. The number of rotatable bonds is 8. The number of nitrogens with one attached hydrogen (secondary N) is 2. The van der Waals surface area contributed by atoms with E-state index in [0.29, 0.717) is 29.7 Å². The second-order valence-electron chi connectivity index (χ2n) is 10.6. The van der Waals surface area contributed by atoms with Crippen molar-refractivity contribution in [2.75, 3.05) is 11.9 Å². The second-order valence-corrected chi connectivity index (χ2v) is 10.6. The lowest BCUT2D eigenvalue weighted by Crippen LogP contribution is -2.30. The zero-order valence-electron chi connectivity index (χ0n) is 22.7. The van der Waals surface area contributed by atoms with Crippen molar-refractivity contribution in [2.24, 2.45) is 11.8 Å². The summed E-state index contributed by atoms with van der Waals surface area (Å²) in [5.74, 6) is -0.226. The van der Waals surface area contributed by atoms with Gasteiger partial charge in [-0.2, -0.15) is 0 Å². The van der Waals surface area contributed by atoms with Crippen LogP contribution in [0.2, 0.25) is 0 Å². The number of hydrogen-bond acceptors (Lipinski definition) is 5. The Bertz CT molecular complexity index is 1660. The summed E-state index contributed by atoms with van der Waals surface area (Å²) >= 11 is 0. The fourth-order valence-corrected chi connectivity index (χ4v) is 4.24. The topological polar surface area (TPSA) is 120 Å². The van der Waals surface area contributed by atoms with Crippen LogP contribution in [0.3, 0.4) is 0 Å². The quantitative estimate of drug-likeness (QED) is 0.372. The number of amides is 2. The molecule has 38 heavy (non-hydrogen) atoms. The molecule has 0 saturated heterocycles. The molecule has 200 valence electrons. The first kappa shape index (κ1) is 26.8. The molecule has 2 heterocycles. The molecule has 10 heteroatoms. The fraction of sp³-hybridized carbons (Fsp3) is 0.393. The van der Waals surface area contributed by atoms with Gasteiger partial charge >= 0.3 is 5.69 Å². The van der Waals surface area contributed by atoms with Crippen molar-refractivity contribution >= 4 is 34.2 Å². The molecule has 2 N–H and O–H groups in total. The molecule has 0 aliphatic carbocycles. The molecule has 0 aliphatic rings. The summed E-state index contributed by atoms with van der Waals surface area (Å²) < 4.78 is 3.80. The first-order chi connectivity index (χ1) is 18.0. The number of hydrogen-bond donors (Lipinski definition) is 2.